The Morgan fingerprint density at radius 3 is 2.32 bits per heavy atom. The lowest BCUT2D eigenvalue weighted by Crippen LogP contribution is -2.22. The van der Waals surface area contributed by atoms with Gasteiger partial charge in [-0.25, -0.2) is 0 Å². The number of nitrogens with zero attached hydrogens (tertiary/aromatic N) is 2. The average molecular weight is 399 g/mol. The van der Waals surface area contributed by atoms with Gasteiger partial charge in [-0.05, 0) is 38.1 Å². The molecular weight excluding hydrogens is 378 g/mol. The summed E-state index contributed by atoms with van der Waals surface area (Å²) in [6.45, 7) is 3.78. The van der Waals surface area contributed by atoms with Gasteiger partial charge in [0, 0.05) is 17.3 Å². The maximum absolute atomic E-state index is 12.4. The smallest absolute Gasteiger partial charge is 0.277 e. The van der Waals surface area contributed by atoms with Crippen LogP contribution in [0.2, 0.25) is 0 Å². The fourth-order valence-corrected chi connectivity index (χ4v) is 3.07. The zero-order chi connectivity index (χ0) is 20.1. The lowest BCUT2D eigenvalue weighted by atomic mass is 10.2. The van der Waals surface area contributed by atoms with Crippen molar-refractivity contribution < 1.29 is 18.7 Å². The Kier molecular flexibility index (Phi) is 6.20. The van der Waals surface area contributed by atoms with Gasteiger partial charge in [0.05, 0.1) is 19.5 Å². The molecule has 146 valence electrons. The van der Waals surface area contributed by atoms with Crippen LogP contribution in [0.4, 0.5) is 5.69 Å². The third kappa shape index (κ3) is 4.83. The second-order valence-electron chi connectivity index (χ2n) is 6.09. The average Bonchev–Trinajstić information content (AvgIpc) is 3.17. The lowest BCUT2D eigenvalue weighted by molar-refractivity contribution is -0.115. The van der Waals surface area contributed by atoms with E-state index in [1.807, 2.05) is 31.2 Å². The first-order chi connectivity index (χ1) is 13.5. The number of aryl methyl sites for hydroxylation is 1. The van der Waals surface area contributed by atoms with E-state index in [1.54, 1.807) is 39.3 Å². The van der Waals surface area contributed by atoms with Crippen molar-refractivity contribution in [3.63, 3.8) is 0 Å². The van der Waals surface area contributed by atoms with E-state index in [0.717, 1.165) is 11.3 Å². The molecule has 1 atom stereocenters. The number of hydrogen-bond donors (Lipinski definition) is 1. The van der Waals surface area contributed by atoms with Gasteiger partial charge in [-0.15, -0.1) is 10.2 Å². The molecule has 1 heterocycles. The summed E-state index contributed by atoms with van der Waals surface area (Å²) in [4.78, 5) is 12.4. The van der Waals surface area contributed by atoms with E-state index in [0.29, 0.717) is 28.2 Å². The zero-order valence-electron chi connectivity index (χ0n) is 16.1. The number of hydrogen-bond acceptors (Lipinski definition) is 7. The molecule has 28 heavy (non-hydrogen) atoms. The standard InChI is InChI=1S/C20H21N3O4S/c1-12-5-7-15(8-6-12)21-18(24)13(2)28-20-23-22-19(27-20)14-9-16(25-3)11-17(10-14)26-4/h5-11,13H,1-4H3,(H,21,24)/t13-/m1/s1. The molecule has 0 aliphatic rings. The van der Waals surface area contributed by atoms with Crippen molar-refractivity contribution in [3.05, 3.63) is 48.0 Å². The van der Waals surface area contributed by atoms with Gasteiger partial charge >= 0.3 is 0 Å². The van der Waals surface area contributed by atoms with Gasteiger partial charge in [0.1, 0.15) is 11.5 Å². The molecule has 0 bridgehead atoms. The minimum Gasteiger partial charge on any atom is -0.497 e. The second kappa shape index (κ2) is 8.79. The summed E-state index contributed by atoms with van der Waals surface area (Å²) < 4.78 is 16.2. The van der Waals surface area contributed by atoms with Crippen LogP contribution in [0.5, 0.6) is 11.5 Å². The Balaban J connectivity index is 1.68. The first-order valence-corrected chi connectivity index (χ1v) is 9.47. The Labute approximate surface area is 167 Å². The minimum atomic E-state index is -0.408. The molecule has 0 fully saturated rings. The van der Waals surface area contributed by atoms with Gasteiger partial charge in [0.25, 0.3) is 5.22 Å². The number of anilines is 1. The van der Waals surface area contributed by atoms with Crippen molar-refractivity contribution in [2.75, 3.05) is 19.5 Å². The molecule has 2 aromatic carbocycles. The Bertz CT molecular complexity index is 934. The van der Waals surface area contributed by atoms with Crippen LogP contribution in [0.3, 0.4) is 0 Å². The summed E-state index contributed by atoms with van der Waals surface area (Å²) in [6, 6.07) is 12.9. The monoisotopic (exact) mass is 399 g/mol. The maximum Gasteiger partial charge on any atom is 0.277 e. The van der Waals surface area contributed by atoms with Gasteiger partial charge in [-0.3, -0.25) is 4.79 Å². The van der Waals surface area contributed by atoms with Crippen molar-refractivity contribution in [2.45, 2.75) is 24.3 Å². The van der Waals surface area contributed by atoms with Crippen LogP contribution >= 0.6 is 11.8 Å². The number of nitrogens with one attached hydrogen (secondary N) is 1. The Hall–Kier alpha value is -3.00. The van der Waals surface area contributed by atoms with Crippen LogP contribution in [-0.4, -0.2) is 35.6 Å². The van der Waals surface area contributed by atoms with Crippen molar-refractivity contribution in [2.24, 2.45) is 0 Å². The highest BCUT2D eigenvalue weighted by atomic mass is 32.2. The second-order valence-corrected chi connectivity index (χ2v) is 7.38. The number of rotatable bonds is 7. The molecule has 1 N–H and O–H groups in total. The molecule has 0 aliphatic carbocycles. The number of aromatic nitrogens is 2. The number of ether oxygens (including phenoxy) is 2. The number of methoxy groups -OCH3 is 2. The van der Waals surface area contributed by atoms with Gasteiger partial charge in [0.2, 0.25) is 11.8 Å². The normalized spacial score (nSPS) is 11.7. The van der Waals surface area contributed by atoms with E-state index in [-0.39, 0.29) is 5.91 Å². The van der Waals surface area contributed by atoms with Crippen LogP contribution in [0.15, 0.2) is 52.1 Å². The molecule has 8 heteroatoms. The molecule has 0 radical (unpaired) electrons. The third-order valence-corrected chi connectivity index (χ3v) is 4.91. The van der Waals surface area contributed by atoms with E-state index in [4.69, 9.17) is 13.9 Å². The predicted octanol–water partition coefficient (Wildman–Crippen LogP) is 4.18. The summed E-state index contributed by atoms with van der Waals surface area (Å²) in [6.07, 6.45) is 0. The van der Waals surface area contributed by atoms with Gasteiger partial charge in [-0.2, -0.15) is 0 Å². The summed E-state index contributed by atoms with van der Waals surface area (Å²) in [5, 5.41) is 10.9. The summed E-state index contributed by atoms with van der Waals surface area (Å²) in [5.74, 6) is 1.42. The van der Waals surface area contributed by atoms with E-state index in [9.17, 15) is 4.79 Å². The van der Waals surface area contributed by atoms with Crippen LogP contribution < -0.4 is 14.8 Å². The fraction of sp³-hybridized carbons (Fsp3) is 0.250. The highest BCUT2D eigenvalue weighted by Crippen LogP contribution is 2.31. The Morgan fingerprint density at radius 1 is 1.07 bits per heavy atom. The molecular formula is C20H21N3O4S. The number of benzene rings is 2. The van der Waals surface area contributed by atoms with E-state index in [1.165, 1.54) is 11.8 Å². The highest BCUT2D eigenvalue weighted by Gasteiger charge is 2.19. The minimum absolute atomic E-state index is 0.142. The summed E-state index contributed by atoms with van der Waals surface area (Å²) in [7, 11) is 3.14. The molecule has 0 spiro atoms. The molecule has 0 aliphatic heterocycles. The topological polar surface area (TPSA) is 86.5 Å². The number of thioether (sulfide) groups is 1. The molecule has 3 aromatic rings. The van der Waals surface area contributed by atoms with Gasteiger partial charge in [0.15, 0.2) is 0 Å². The van der Waals surface area contributed by atoms with Crippen LogP contribution in [0, 0.1) is 6.92 Å². The first kappa shape index (κ1) is 19.8. The first-order valence-electron chi connectivity index (χ1n) is 8.59. The van der Waals surface area contributed by atoms with Crippen LogP contribution in [0.25, 0.3) is 11.5 Å². The third-order valence-electron chi connectivity index (χ3n) is 3.97. The number of carbonyl (C=O) groups is 1. The largest absolute Gasteiger partial charge is 0.497 e. The molecule has 7 nitrogen and oxygen atoms in total. The van der Waals surface area contributed by atoms with Gasteiger partial charge < -0.3 is 19.2 Å². The quantitative estimate of drug-likeness (QED) is 0.596. The lowest BCUT2D eigenvalue weighted by Gasteiger charge is -2.10. The SMILES string of the molecule is COc1cc(OC)cc(-c2nnc(S[C@H](C)C(=O)Nc3ccc(C)cc3)o2)c1. The van der Waals surface area contributed by atoms with Crippen molar-refractivity contribution in [3.8, 4) is 23.0 Å². The molecule has 0 saturated heterocycles. The van der Waals surface area contributed by atoms with E-state index in [2.05, 4.69) is 15.5 Å². The molecule has 3 rings (SSSR count). The van der Waals surface area contributed by atoms with Crippen molar-refractivity contribution >= 4 is 23.4 Å². The Morgan fingerprint density at radius 2 is 1.71 bits per heavy atom. The summed E-state index contributed by atoms with van der Waals surface area (Å²) in [5.41, 5.74) is 2.55. The van der Waals surface area contributed by atoms with Crippen molar-refractivity contribution in [1.82, 2.24) is 10.2 Å². The van der Waals surface area contributed by atoms with E-state index < -0.39 is 5.25 Å². The summed E-state index contributed by atoms with van der Waals surface area (Å²) >= 11 is 1.19. The molecule has 0 saturated carbocycles. The van der Waals surface area contributed by atoms with E-state index >= 15 is 0 Å². The maximum atomic E-state index is 12.4. The zero-order valence-corrected chi connectivity index (χ0v) is 16.9. The molecule has 1 aromatic heterocycles. The highest BCUT2D eigenvalue weighted by molar-refractivity contribution is 8.00. The number of amides is 1. The predicted molar refractivity (Wildman–Crippen MR) is 108 cm³/mol. The number of carbonyl (C=O) groups excluding carboxylic acids is 1. The van der Waals surface area contributed by atoms with Crippen LogP contribution in [0.1, 0.15) is 12.5 Å². The van der Waals surface area contributed by atoms with Gasteiger partial charge in [-0.1, -0.05) is 29.5 Å². The van der Waals surface area contributed by atoms with Crippen LogP contribution in [-0.2, 0) is 4.79 Å². The molecule has 1 amide bonds. The molecule has 0 unspecified atom stereocenters. The fourth-order valence-electron chi connectivity index (χ4n) is 2.39. The van der Waals surface area contributed by atoms with Crippen molar-refractivity contribution in [1.29, 1.82) is 0 Å².